The summed E-state index contributed by atoms with van der Waals surface area (Å²) in [6, 6.07) is 10.7. The van der Waals surface area contributed by atoms with Gasteiger partial charge >= 0.3 is 6.09 Å². The van der Waals surface area contributed by atoms with Crippen LogP contribution in [0.2, 0.25) is 0 Å². The maximum Gasteiger partial charge on any atom is 0.407 e. The van der Waals surface area contributed by atoms with Crippen LogP contribution in [-0.2, 0) is 15.9 Å². The molecule has 1 aliphatic carbocycles. The number of carbonyl (C=O) groups is 1. The third-order valence-corrected chi connectivity index (χ3v) is 4.67. The summed E-state index contributed by atoms with van der Waals surface area (Å²) in [5.41, 5.74) is 0.984. The van der Waals surface area contributed by atoms with Gasteiger partial charge in [-0.25, -0.2) is 4.79 Å². The molecule has 0 aromatic heterocycles. The summed E-state index contributed by atoms with van der Waals surface area (Å²) in [4.78, 5) is 12.2. The Labute approximate surface area is 157 Å². The van der Waals surface area contributed by atoms with Crippen LogP contribution in [0, 0.1) is 5.41 Å². The number of rotatable bonds is 8. The number of ether oxygens (including phenoxy) is 2. The lowest BCUT2D eigenvalue weighted by molar-refractivity contribution is 0.00777. The van der Waals surface area contributed by atoms with Crippen LogP contribution in [0.5, 0.6) is 0 Å². The normalized spacial score (nSPS) is 23.8. The molecule has 0 aliphatic heterocycles. The third-order valence-electron chi connectivity index (χ3n) is 4.67. The van der Waals surface area contributed by atoms with E-state index in [0.29, 0.717) is 6.04 Å². The molecule has 26 heavy (non-hydrogen) atoms. The average molecular weight is 363 g/mol. The first kappa shape index (κ1) is 20.7. The van der Waals surface area contributed by atoms with Gasteiger partial charge in [0, 0.05) is 25.7 Å². The van der Waals surface area contributed by atoms with E-state index < -0.39 is 5.60 Å². The molecule has 1 aromatic rings. The number of hydrogen-bond acceptors (Lipinski definition) is 4. The van der Waals surface area contributed by atoms with Gasteiger partial charge < -0.3 is 20.1 Å². The number of nitrogens with one attached hydrogen (secondary N) is 2. The van der Waals surface area contributed by atoms with Crippen molar-refractivity contribution in [2.45, 2.75) is 64.6 Å². The Kier molecular flexibility index (Phi) is 7.07. The molecule has 0 radical (unpaired) electrons. The third kappa shape index (κ3) is 6.96. The number of amides is 1. The highest BCUT2D eigenvalue weighted by molar-refractivity contribution is 5.68. The van der Waals surface area contributed by atoms with Crippen molar-refractivity contribution in [2.24, 2.45) is 5.41 Å². The average Bonchev–Trinajstić information content (AvgIpc) is 2.50. The first-order valence-electron chi connectivity index (χ1n) is 9.45. The summed E-state index contributed by atoms with van der Waals surface area (Å²) in [6.07, 6.45) is 2.62. The second-order valence-corrected chi connectivity index (χ2v) is 8.79. The molecule has 0 bridgehead atoms. The second-order valence-electron chi connectivity index (χ2n) is 8.79. The minimum atomic E-state index is -0.495. The van der Waals surface area contributed by atoms with Gasteiger partial charge in [-0.2, -0.15) is 0 Å². The molecular formula is C21H34N2O3. The van der Waals surface area contributed by atoms with Gasteiger partial charge in [-0.3, -0.25) is 0 Å². The Balaban J connectivity index is 1.88. The molecule has 0 unspecified atom stereocenters. The predicted octanol–water partition coefficient (Wildman–Crippen LogP) is 3.53. The fraction of sp³-hybridized carbons (Fsp3) is 0.667. The smallest absolute Gasteiger partial charge is 0.407 e. The topological polar surface area (TPSA) is 59.6 Å². The van der Waals surface area contributed by atoms with Crippen LogP contribution in [-0.4, -0.2) is 44.0 Å². The molecule has 0 spiro atoms. The molecule has 1 amide bonds. The van der Waals surface area contributed by atoms with Gasteiger partial charge in [0.25, 0.3) is 0 Å². The van der Waals surface area contributed by atoms with Crippen molar-refractivity contribution >= 4 is 6.09 Å². The number of hydrogen-bond donors (Lipinski definition) is 2. The van der Waals surface area contributed by atoms with Crippen LogP contribution in [0.15, 0.2) is 30.3 Å². The van der Waals surface area contributed by atoms with Crippen molar-refractivity contribution in [3.05, 3.63) is 35.9 Å². The molecule has 1 atom stereocenters. The number of methoxy groups -OCH3 is 1. The zero-order valence-electron chi connectivity index (χ0n) is 16.8. The summed E-state index contributed by atoms with van der Waals surface area (Å²) >= 11 is 0. The van der Waals surface area contributed by atoms with Gasteiger partial charge in [0.15, 0.2) is 0 Å². The molecule has 1 aromatic carbocycles. The predicted molar refractivity (Wildman–Crippen MR) is 104 cm³/mol. The summed E-state index contributed by atoms with van der Waals surface area (Å²) in [5, 5.41) is 6.62. The van der Waals surface area contributed by atoms with E-state index in [1.165, 1.54) is 5.56 Å². The lowest BCUT2D eigenvalue weighted by Crippen LogP contribution is -2.53. The van der Waals surface area contributed by atoms with Crippen molar-refractivity contribution in [1.82, 2.24) is 10.6 Å². The summed E-state index contributed by atoms with van der Waals surface area (Å²) in [6.45, 7) is 9.41. The monoisotopic (exact) mass is 362 g/mol. The van der Waals surface area contributed by atoms with Gasteiger partial charge in [-0.1, -0.05) is 37.3 Å². The Morgan fingerprint density at radius 2 is 1.92 bits per heavy atom. The molecule has 146 valence electrons. The zero-order valence-corrected chi connectivity index (χ0v) is 16.8. The van der Waals surface area contributed by atoms with Crippen LogP contribution in [0.4, 0.5) is 4.79 Å². The summed E-state index contributed by atoms with van der Waals surface area (Å²) < 4.78 is 10.7. The van der Waals surface area contributed by atoms with Crippen molar-refractivity contribution < 1.29 is 14.3 Å². The van der Waals surface area contributed by atoms with Crippen molar-refractivity contribution in [3.63, 3.8) is 0 Å². The number of benzene rings is 1. The first-order chi connectivity index (χ1) is 12.2. The van der Waals surface area contributed by atoms with Crippen molar-refractivity contribution in [1.29, 1.82) is 0 Å². The van der Waals surface area contributed by atoms with Gasteiger partial charge in [0.2, 0.25) is 0 Å². The van der Waals surface area contributed by atoms with Crippen LogP contribution in [0.25, 0.3) is 0 Å². The molecular weight excluding hydrogens is 328 g/mol. The lowest BCUT2D eigenvalue weighted by Gasteiger charge is -2.45. The molecule has 2 rings (SSSR count). The fourth-order valence-electron chi connectivity index (χ4n) is 3.60. The minimum absolute atomic E-state index is 0.0125. The Bertz CT molecular complexity index is 562. The fourth-order valence-corrected chi connectivity index (χ4v) is 3.60. The van der Waals surface area contributed by atoms with E-state index in [-0.39, 0.29) is 17.6 Å². The lowest BCUT2D eigenvalue weighted by atomic mass is 9.67. The molecule has 1 aliphatic rings. The maximum absolute atomic E-state index is 12.2. The molecule has 0 saturated heterocycles. The van der Waals surface area contributed by atoms with Crippen LogP contribution < -0.4 is 10.6 Å². The van der Waals surface area contributed by atoms with Gasteiger partial charge in [0.1, 0.15) is 5.60 Å². The molecule has 1 fully saturated rings. The highest BCUT2D eigenvalue weighted by Gasteiger charge is 2.40. The SMILES string of the molecule is COCC1(C)CC(NC[C@H](Cc2ccccc2)NC(=O)OC(C)(C)C)C1. The molecule has 5 nitrogen and oxygen atoms in total. The van der Waals surface area contributed by atoms with Gasteiger partial charge in [-0.05, 0) is 51.0 Å². The highest BCUT2D eigenvalue weighted by atomic mass is 16.6. The largest absolute Gasteiger partial charge is 0.444 e. The quantitative estimate of drug-likeness (QED) is 0.743. The molecule has 2 N–H and O–H groups in total. The van der Waals surface area contributed by atoms with E-state index in [1.54, 1.807) is 7.11 Å². The van der Waals surface area contributed by atoms with Crippen molar-refractivity contribution in [2.75, 3.05) is 20.3 Å². The van der Waals surface area contributed by atoms with Gasteiger partial charge in [0.05, 0.1) is 6.61 Å². The minimum Gasteiger partial charge on any atom is -0.444 e. The van der Waals surface area contributed by atoms with Crippen LogP contribution >= 0.6 is 0 Å². The summed E-state index contributed by atoms with van der Waals surface area (Å²) in [7, 11) is 1.76. The van der Waals surface area contributed by atoms with Crippen molar-refractivity contribution in [3.8, 4) is 0 Å². The first-order valence-corrected chi connectivity index (χ1v) is 9.45. The zero-order chi connectivity index (χ0) is 19.2. The molecule has 1 saturated carbocycles. The Hall–Kier alpha value is -1.59. The Morgan fingerprint density at radius 1 is 1.27 bits per heavy atom. The van der Waals surface area contributed by atoms with Crippen LogP contribution in [0.1, 0.15) is 46.1 Å². The Morgan fingerprint density at radius 3 is 2.50 bits per heavy atom. The van der Waals surface area contributed by atoms with E-state index in [2.05, 4.69) is 29.7 Å². The van der Waals surface area contributed by atoms with E-state index in [9.17, 15) is 4.79 Å². The number of alkyl carbamates (subject to hydrolysis) is 1. The van der Waals surface area contributed by atoms with E-state index >= 15 is 0 Å². The highest BCUT2D eigenvalue weighted by Crippen LogP contribution is 2.40. The molecule has 0 heterocycles. The van der Waals surface area contributed by atoms with E-state index in [1.807, 2.05) is 39.0 Å². The van der Waals surface area contributed by atoms with Crippen LogP contribution in [0.3, 0.4) is 0 Å². The standard InChI is InChI=1S/C21H34N2O3/c1-20(2,3)26-19(24)23-17(11-16-9-7-6-8-10-16)14-22-18-12-21(4,13-18)15-25-5/h6-10,17-18,22H,11-15H2,1-5H3,(H,23,24)/t17-,18?,21?/m0/s1. The second kappa shape index (κ2) is 8.87. The molecule has 5 heteroatoms. The van der Waals surface area contributed by atoms with E-state index in [0.717, 1.165) is 32.4 Å². The summed E-state index contributed by atoms with van der Waals surface area (Å²) in [5.74, 6) is 0. The van der Waals surface area contributed by atoms with E-state index in [4.69, 9.17) is 9.47 Å². The maximum atomic E-state index is 12.2. The number of carbonyl (C=O) groups excluding carboxylic acids is 1. The van der Waals surface area contributed by atoms with Gasteiger partial charge in [-0.15, -0.1) is 0 Å².